The van der Waals surface area contributed by atoms with E-state index < -0.39 is 0 Å². The summed E-state index contributed by atoms with van der Waals surface area (Å²) in [6.07, 6.45) is 1.59. The second-order valence-corrected chi connectivity index (χ2v) is 3.72. The number of rotatable bonds is 2. The van der Waals surface area contributed by atoms with Crippen LogP contribution < -0.4 is 5.84 Å². The predicted molar refractivity (Wildman–Crippen MR) is 51.2 cm³/mol. The first-order chi connectivity index (χ1) is 6.74. The van der Waals surface area contributed by atoms with Crippen molar-refractivity contribution in [2.45, 2.75) is 0 Å². The highest BCUT2D eigenvalue weighted by atomic mass is 16.5. The molecule has 78 valence electrons. The number of carbonyl (C=O) groups excluding carboxylic acids is 1. The Labute approximate surface area is 83.1 Å². The molecule has 5 heteroatoms. The molecule has 2 rings (SSSR count). The minimum absolute atomic E-state index is 0.211. The second-order valence-electron chi connectivity index (χ2n) is 3.72. The quantitative estimate of drug-likeness (QED) is 0.452. The Morgan fingerprint density at radius 1 is 1.36 bits per heavy atom. The summed E-state index contributed by atoms with van der Waals surface area (Å²) in [5.41, 5.74) is 1.07. The molecular weight excluding hydrogens is 182 g/mol. The molecule has 0 amide bonds. The number of ether oxygens (including phenoxy) is 1. The largest absolute Gasteiger partial charge is 0.458 e. The first kappa shape index (κ1) is 9.64. The van der Waals surface area contributed by atoms with Crippen LogP contribution in [0, 0.1) is 0 Å². The molecule has 2 N–H and O–H groups in total. The monoisotopic (exact) mass is 197 g/mol. The van der Waals surface area contributed by atoms with Gasteiger partial charge in [-0.15, -0.1) is 0 Å². The number of esters is 1. The molecule has 0 bridgehead atoms. The van der Waals surface area contributed by atoms with E-state index in [1.165, 1.54) is 0 Å². The van der Waals surface area contributed by atoms with Crippen molar-refractivity contribution in [3.63, 3.8) is 0 Å². The number of piperazine rings is 1. The number of hydrogen-bond donors (Lipinski definition) is 1. The zero-order valence-electron chi connectivity index (χ0n) is 8.11. The molecule has 0 atom stereocenters. The molecule has 0 radical (unpaired) electrons. The van der Waals surface area contributed by atoms with Crippen molar-refractivity contribution in [2.75, 3.05) is 39.3 Å². The van der Waals surface area contributed by atoms with E-state index in [1.54, 1.807) is 6.08 Å². The topological polar surface area (TPSA) is 58.8 Å². The van der Waals surface area contributed by atoms with Gasteiger partial charge in [0.05, 0.1) is 0 Å². The first-order valence-electron chi connectivity index (χ1n) is 4.82. The van der Waals surface area contributed by atoms with Crippen LogP contribution in [0.15, 0.2) is 11.6 Å². The molecule has 2 aliphatic rings. The second kappa shape index (κ2) is 4.08. The lowest BCUT2D eigenvalue weighted by Crippen LogP contribution is -2.49. The molecule has 1 saturated heterocycles. The van der Waals surface area contributed by atoms with Gasteiger partial charge < -0.3 is 4.74 Å². The van der Waals surface area contributed by atoms with E-state index in [-0.39, 0.29) is 5.97 Å². The predicted octanol–water partition coefficient (Wildman–Crippen LogP) is -1.04. The van der Waals surface area contributed by atoms with E-state index in [0.717, 1.165) is 38.3 Å². The van der Waals surface area contributed by atoms with Gasteiger partial charge in [-0.2, -0.15) is 0 Å². The van der Waals surface area contributed by atoms with Crippen molar-refractivity contribution in [1.82, 2.24) is 9.91 Å². The highest BCUT2D eigenvalue weighted by Gasteiger charge is 2.19. The number of hydrogen-bond acceptors (Lipinski definition) is 5. The Morgan fingerprint density at radius 2 is 2.07 bits per heavy atom. The lowest BCUT2D eigenvalue weighted by atomic mass is 10.2. The molecule has 2 aliphatic heterocycles. The highest BCUT2D eigenvalue weighted by molar-refractivity contribution is 5.85. The Hall–Kier alpha value is -0.910. The average molecular weight is 197 g/mol. The highest BCUT2D eigenvalue weighted by Crippen LogP contribution is 2.09. The molecule has 0 unspecified atom stereocenters. The van der Waals surface area contributed by atoms with E-state index in [2.05, 4.69) is 4.90 Å². The smallest absolute Gasteiger partial charge is 0.331 e. The number of nitrogens with two attached hydrogens (primary N) is 1. The van der Waals surface area contributed by atoms with Gasteiger partial charge in [-0.3, -0.25) is 10.7 Å². The molecule has 0 aromatic heterocycles. The summed E-state index contributed by atoms with van der Waals surface area (Å²) < 4.78 is 4.83. The number of carbonyl (C=O) groups is 1. The van der Waals surface area contributed by atoms with Gasteiger partial charge in [0, 0.05) is 38.8 Å². The van der Waals surface area contributed by atoms with E-state index in [4.69, 9.17) is 10.6 Å². The lowest BCUT2D eigenvalue weighted by Gasteiger charge is -2.31. The van der Waals surface area contributed by atoms with Gasteiger partial charge in [0.15, 0.2) is 0 Å². The summed E-state index contributed by atoms with van der Waals surface area (Å²) in [7, 11) is 0. The van der Waals surface area contributed by atoms with Crippen LogP contribution in [0.25, 0.3) is 0 Å². The van der Waals surface area contributed by atoms with Gasteiger partial charge >= 0.3 is 5.97 Å². The Kier molecular flexibility index (Phi) is 2.81. The van der Waals surface area contributed by atoms with Crippen molar-refractivity contribution >= 4 is 5.97 Å². The maximum atomic E-state index is 10.8. The van der Waals surface area contributed by atoms with E-state index in [1.807, 2.05) is 5.01 Å². The molecule has 0 spiro atoms. The maximum absolute atomic E-state index is 10.8. The summed E-state index contributed by atoms with van der Waals surface area (Å²) in [4.78, 5) is 13.1. The van der Waals surface area contributed by atoms with Crippen LogP contribution >= 0.6 is 0 Å². The molecule has 5 nitrogen and oxygen atoms in total. The minimum Gasteiger partial charge on any atom is -0.458 e. The van der Waals surface area contributed by atoms with Gasteiger partial charge in [-0.05, 0) is 5.57 Å². The van der Waals surface area contributed by atoms with Crippen molar-refractivity contribution in [3.05, 3.63) is 11.6 Å². The van der Waals surface area contributed by atoms with Gasteiger partial charge in [-0.1, -0.05) is 0 Å². The third-order valence-corrected chi connectivity index (χ3v) is 2.56. The fourth-order valence-electron chi connectivity index (χ4n) is 1.71. The standard InChI is InChI=1S/C9H15N3O2/c10-12-3-1-11(2-4-12)6-8-5-9(13)14-7-8/h5H,1-4,6-7,10H2. The molecule has 1 fully saturated rings. The van der Waals surface area contributed by atoms with Crippen LogP contribution in [0.4, 0.5) is 0 Å². The molecule has 0 aromatic rings. The lowest BCUT2D eigenvalue weighted by molar-refractivity contribution is -0.134. The van der Waals surface area contributed by atoms with Crippen LogP contribution in [0.3, 0.4) is 0 Å². The van der Waals surface area contributed by atoms with Crippen LogP contribution in [0.5, 0.6) is 0 Å². The summed E-state index contributed by atoms with van der Waals surface area (Å²) in [6, 6.07) is 0. The number of nitrogens with zero attached hydrogens (tertiary/aromatic N) is 2. The Balaban J connectivity index is 1.81. The van der Waals surface area contributed by atoms with Crippen molar-refractivity contribution in [2.24, 2.45) is 5.84 Å². The average Bonchev–Trinajstić information content (AvgIpc) is 2.56. The summed E-state index contributed by atoms with van der Waals surface area (Å²) in [5.74, 6) is 5.43. The fourth-order valence-corrected chi connectivity index (χ4v) is 1.71. The number of cyclic esters (lactones) is 1. The van der Waals surface area contributed by atoms with Crippen LogP contribution in [-0.4, -0.2) is 55.2 Å². The normalized spacial score (nSPS) is 24.9. The minimum atomic E-state index is -0.211. The first-order valence-corrected chi connectivity index (χ1v) is 4.82. The van der Waals surface area contributed by atoms with Gasteiger partial charge in [0.2, 0.25) is 0 Å². The van der Waals surface area contributed by atoms with Crippen molar-refractivity contribution in [1.29, 1.82) is 0 Å². The molecule has 0 aliphatic carbocycles. The Morgan fingerprint density at radius 3 is 2.64 bits per heavy atom. The molecule has 0 saturated carbocycles. The van der Waals surface area contributed by atoms with Crippen molar-refractivity contribution < 1.29 is 9.53 Å². The number of hydrazine groups is 1. The Bertz CT molecular complexity index is 257. The van der Waals surface area contributed by atoms with Crippen LogP contribution in [-0.2, 0) is 9.53 Å². The zero-order valence-corrected chi connectivity index (χ0v) is 8.11. The van der Waals surface area contributed by atoms with Gasteiger partial charge in [0.25, 0.3) is 0 Å². The SMILES string of the molecule is NN1CCN(CC2=CC(=O)OC2)CC1. The van der Waals surface area contributed by atoms with E-state index >= 15 is 0 Å². The summed E-state index contributed by atoms with van der Waals surface area (Å²) in [5, 5.41) is 1.82. The van der Waals surface area contributed by atoms with Gasteiger partial charge in [-0.25, -0.2) is 9.80 Å². The third kappa shape index (κ3) is 2.31. The van der Waals surface area contributed by atoms with Crippen molar-refractivity contribution in [3.8, 4) is 0 Å². The third-order valence-electron chi connectivity index (χ3n) is 2.56. The molecular formula is C9H15N3O2. The van der Waals surface area contributed by atoms with Crippen LogP contribution in [0.1, 0.15) is 0 Å². The summed E-state index contributed by atoms with van der Waals surface area (Å²) in [6.45, 7) is 5.00. The van der Waals surface area contributed by atoms with E-state index in [9.17, 15) is 4.79 Å². The summed E-state index contributed by atoms with van der Waals surface area (Å²) >= 11 is 0. The zero-order chi connectivity index (χ0) is 9.97. The van der Waals surface area contributed by atoms with E-state index in [0.29, 0.717) is 6.61 Å². The van der Waals surface area contributed by atoms with Crippen LogP contribution in [0.2, 0.25) is 0 Å². The molecule has 0 aromatic carbocycles. The molecule has 2 heterocycles. The fraction of sp³-hybridized carbons (Fsp3) is 0.667. The van der Waals surface area contributed by atoms with Gasteiger partial charge in [0.1, 0.15) is 6.61 Å². The molecule has 14 heavy (non-hydrogen) atoms. The maximum Gasteiger partial charge on any atom is 0.331 e.